The van der Waals surface area contributed by atoms with Gasteiger partial charge in [0.05, 0.1) is 5.02 Å². The zero-order valence-electron chi connectivity index (χ0n) is 10.0. The molecular formula is C12H15ClFNO2S. The highest BCUT2D eigenvalue weighted by Crippen LogP contribution is 2.39. The van der Waals surface area contributed by atoms with Crippen LogP contribution in [-0.4, -0.2) is 14.7 Å². The summed E-state index contributed by atoms with van der Waals surface area (Å²) >= 11 is 5.88. The van der Waals surface area contributed by atoms with E-state index in [1.165, 1.54) is 12.1 Å². The molecule has 0 amide bonds. The minimum absolute atomic E-state index is 0.0933. The largest absolute Gasteiger partial charge is 0.321 e. The van der Waals surface area contributed by atoms with Gasteiger partial charge in [-0.15, -0.1) is 0 Å². The van der Waals surface area contributed by atoms with Gasteiger partial charge >= 0.3 is 0 Å². The number of benzene rings is 1. The van der Waals surface area contributed by atoms with Crippen molar-refractivity contribution in [2.45, 2.75) is 36.1 Å². The van der Waals surface area contributed by atoms with Crippen LogP contribution in [0.15, 0.2) is 17.0 Å². The first-order valence-electron chi connectivity index (χ1n) is 5.72. The van der Waals surface area contributed by atoms with Gasteiger partial charge in [-0.3, -0.25) is 0 Å². The summed E-state index contributed by atoms with van der Waals surface area (Å²) in [5, 5.41) is -0.0933. The lowest BCUT2D eigenvalue weighted by molar-refractivity contribution is 0.456. The number of hydrogen-bond acceptors (Lipinski definition) is 3. The SMILES string of the molecule is CS(=O)(=O)c1c(F)cc(C2(N)CCCC2)cc1Cl. The second-order valence-corrected chi connectivity index (χ2v) is 7.26. The number of rotatable bonds is 2. The lowest BCUT2D eigenvalue weighted by atomic mass is 9.89. The Morgan fingerprint density at radius 2 is 1.89 bits per heavy atom. The van der Waals surface area contributed by atoms with Crippen molar-refractivity contribution >= 4 is 21.4 Å². The minimum Gasteiger partial charge on any atom is -0.321 e. The highest BCUT2D eigenvalue weighted by atomic mass is 35.5. The number of sulfone groups is 1. The minimum atomic E-state index is -3.67. The smallest absolute Gasteiger partial charge is 0.179 e. The number of nitrogens with two attached hydrogens (primary N) is 1. The molecule has 100 valence electrons. The molecule has 18 heavy (non-hydrogen) atoms. The van der Waals surface area contributed by atoms with E-state index < -0.39 is 26.1 Å². The van der Waals surface area contributed by atoms with Crippen LogP contribution in [0.1, 0.15) is 31.2 Å². The average molecular weight is 292 g/mol. The van der Waals surface area contributed by atoms with Gasteiger partial charge < -0.3 is 5.73 Å². The Morgan fingerprint density at radius 1 is 1.33 bits per heavy atom. The van der Waals surface area contributed by atoms with Crippen molar-refractivity contribution in [1.82, 2.24) is 0 Å². The fourth-order valence-electron chi connectivity index (χ4n) is 2.50. The summed E-state index contributed by atoms with van der Waals surface area (Å²) in [5.74, 6) is -0.822. The normalized spacial score (nSPS) is 19.1. The molecule has 6 heteroatoms. The Kier molecular flexibility index (Phi) is 3.42. The molecule has 0 heterocycles. The molecule has 0 aromatic heterocycles. The molecule has 1 saturated carbocycles. The molecule has 2 N–H and O–H groups in total. The molecule has 0 atom stereocenters. The fourth-order valence-corrected chi connectivity index (χ4v) is 3.95. The van der Waals surface area contributed by atoms with Crippen LogP contribution in [0.25, 0.3) is 0 Å². The van der Waals surface area contributed by atoms with Crippen molar-refractivity contribution in [2.24, 2.45) is 5.73 Å². The second kappa shape index (κ2) is 4.47. The number of hydrogen-bond donors (Lipinski definition) is 1. The summed E-state index contributed by atoms with van der Waals surface area (Å²) in [5.41, 5.74) is 6.20. The highest BCUT2D eigenvalue weighted by molar-refractivity contribution is 7.90. The van der Waals surface area contributed by atoms with Gasteiger partial charge in [0, 0.05) is 11.8 Å². The average Bonchev–Trinajstić information content (AvgIpc) is 2.63. The van der Waals surface area contributed by atoms with E-state index in [-0.39, 0.29) is 5.02 Å². The molecule has 1 fully saturated rings. The molecule has 1 aliphatic rings. The Morgan fingerprint density at radius 3 is 2.33 bits per heavy atom. The first kappa shape index (κ1) is 13.8. The molecule has 1 aromatic carbocycles. The van der Waals surface area contributed by atoms with Gasteiger partial charge in [-0.25, -0.2) is 12.8 Å². The van der Waals surface area contributed by atoms with E-state index in [4.69, 9.17) is 17.3 Å². The van der Waals surface area contributed by atoms with Crippen LogP contribution in [0.3, 0.4) is 0 Å². The third-order valence-corrected chi connectivity index (χ3v) is 5.01. The van der Waals surface area contributed by atoms with Gasteiger partial charge in [-0.2, -0.15) is 0 Å². The van der Waals surface area contributed by atoms with Crippen molar-refractivity contribution in [2.75, 3.05) is 6.26 Å². The summed E-state index contributed by atoms with van der Waals surface area (Å²) < 4.78 is 36.8. The first-order valence-corrected chi connectivity index (χ1v) is 7.99. The summed E-state index contributed by atoms with van der Waals surface area (Å²) in [6, 6.07) is 2.68. The van der Waals surface area contributed by atoms with Gasteiger partial charge in [0.15, 0.2) is 9.84 Å². The van der Waals surface area contributed by atoms with Crippen LogP contribution in [-0.2, 0) is 15.4 Å². The predicted octanol–water partition coefficient (Wildman–Crippen LogP) is 2.61. The second-order valence-electron chi connectivity index (χ2n) is 4.90. The molecule has 3 nitrogen and oxygen atoms in total. The molecule has 0 aliphatic heterocycles. The summed E-state index contributed by atoms with van der Waals surface area (Å²) in [6.07, 6.45) is 4.44. The van der Waals surface area contributed by atoms with Crippen LogP contribution < -0.4 is 5.73 Å². The van der Waals surface area contributed by atoms with E-state index in [2.05, 4.69) is 0 Å². The van der Waals surface area contributed by atoms with Crippen LogP contribution >= 0.6 is 11.6 Å². The maximum Gasteiger partial charge on any atom is 0.179 e. The lowest BCUT2D eigenvalue weighted by Gasteiger charge is -2.25. The predicted molar refractivity (Wildman–Crippen MR) is 68.9 cm³/mol. The van der Waals surface area contributed by atoms with Crippen LogP contribution in [0.4, 0.5) is 4.39 Å². The summed E-state index contributed by atoms with van der Waals surface area (Å²) in [6.45, 7) is 0. The van der Waals surface area contributed by atoms with Crippen LogP contribution in [0.2, 0.25) is 5.02 Å². The monoisotopic (exact) mass is 291 g/mol. The molecule has 0 radical (unpaired) electrons. The molecule has 1 aliphatic carbocycles. The fraction of sp³-hybridized carbons (Fsp3) is 0.500. The highest BCUT2D eigenvalue weighted by Gasteiger charge is 2.33. The zero-order valence-corrected chi connectivity index (χ0v) is 11.6. The number of halogens is 2. The standard InChI is InChI=1S/C12H15ClFNO2S/c1-18(16,17)11-9(13)6-8(7-10(11)14)12(15)4-2-3-5-12/h6-7H,2-5,15H2,1H3. The van der Waals surface area contributed by atoms with Gasteiger partial charge in [0.2, 0.25) is 0 Å². The van der Waals surface area contributed by atoms with Crippen molar-refractivity contribution in [3.63, 3.8) is 0 Å². The van der Waals surface area contributed by atoms with Crippen molar-refractivity contribution < 1.29 is 12.8 Å². The summed E-state index contributed by atoms with van der Waals surface area (Å²) in [7, 11) is -3.67. The summed E-state index contributed by atoms with van der Waals surface area (Å²) in [4.78, 5) is -0.450. The third-order valence-electron chi connectivity index (χ3n) is 3.44. The third kappa shape index (κ3) is 2.39. The molecule has 0 bridgehead atoms. The van der Waals surface area contributed by atoms with E-state index in [1.807, 2.05) is 0 Å². The molecule has 2 rings (SSSR count). The van der Waals surface area contributed by atoms with E-state index in [1.54, 1.807) is 0 Å². The topological polar surface area (TPSA) is 60.2 Å². The first-order chi connectivity index (χ1) is 8.24. The maximum absolute atomic E-state index is 13.9. The Balaban J connectivity index is 2.56. The molecule has 0 spiro atoms. The van der Waals surface area contributed by atoms with E-state index in [0.717, 1.165) is 31.9 Å². The van der Waals surface area contributed by atoms with Crippen molar-refractivity contribution in [3.8, 4) is 0 Å². The van der Waals surface area contributed by atoms with Crippen molar-refractivity contribution in [1.29, 1.82) is 0 Å². The van der Waals surface area contributed by atoms with Crippen LogP contribution in [0, 0.1) is 5.82 Å². The molecule has 1 aromatic rings. The molecular weight excluding hydrogens is 277 g/mol. The van der Waals surface area contributed by atoms with E-state index in [0.29, 0.717) is 5.56 Å². The zero-order chi connectivity index (χ0) is 13.6. The van der Waals surface area contributed by atoms with Gasteiger partial charge in [0.25, 0.3) is 0 Å². The molecule has 0 saturated heterocycles. The van der Waals surface area contributed by atoms with E-state index in [9.17, 15) is 12.8 Å². The Bertz CT molecular complexity index is 557. The Hall–Kier alpha value is -0.650. The van der Waals surface area contributed by atoms with Crippen LogP contribution in [0.5, 0.6) is 0 Å². The molecule has 0 unspecified atom stereocenters. The van der Waals surface area contributed by atoms with Gasteiger partial charge in [-0.05, 0) is 30.5 Å². The lowest BCUT2D eigenvalue weighted by Crippen LogP contribution is -2.33. The van der Waals surface area contributed by atoms with Gasteiger partial charge in [-0.1, -0.05) is 24.4 Å². The quantitative estimate of drug-likeness (QED) is 0.911. The van der Waals surface area contributed by atoms with Crippen molar-refractivity contribution in [3.05, 3.63) is 28.5 Å². The maximum atomic E-state index is 13.9. The van der Waals surface area contributed by atoms with Gasteiger partial charge in [0.1, 0.15) is 10.7 Å². The van der Waals surface area contributed by atoms with E-state index >= 15 is 0 Å². The Labute approximate surface area is 111 Å².